The fourth-order valence-corrected chi connectivity index (χ4v) is 2.81. The summed E-state index contributed by atoms with van der Waals surface area (Å²) in [5.41, 5.74) is 7.25. The summed E-state index contributed by atoms with van der Waals surface area (Å²) >= 11 is 1.93. The first kappa shape index (κ1) is 11.3. The molecule has 0 saturated carbocycles. The van der Waals surface area contributed by atoms with Gasteiger partial charge >= 0.3 is 0 Å². The third-order valence-corrected chi connectivity index (χ3v) is 3.81. The summed E-state index contributed by atoms with van der Waals surface area (Å²) in [5.74, 6) is 2.05. The molecule has 0 unspecified atom stereocenters. The number of nitrogen functional groups attached to an aromatic ring is 1. The molecule has 88 valence electrons. The van der Waals surface area contributed by atoms with Gasteiger partial charge in [0.2, 0.25) is 0 Å². The molecule has 2 rings (SSSR count). The molecule has 1 fully saturated rings. The molecule has 0 atom stereocenters. The summed E-state index contributed by atoms with van der Waals surface area (Å²) < 4.78 is 0. The van der Waals surface area contributed by atoms with Gasteiger partial charge in [-0.05, 0) is 31.3 Å². The number of anilines is 1. The second-order valence-corrected chi connectivity index (χ2v) is 5.20. The maximum atomic E-state index is 11.9. The Morgan fingerprint density at radius 1 is 1.56 bits per heavy atom. The first-order chi connectivity index (χ1) is 7.68. The monoisotopic (exact) mass is 240 g/mol. The van der Waals surface area contributed by atoms with E-state index in [1.165, 1.54) is 0 Å². The van der Waals surface area contributed by atoms with Crippen LogP contribution in [0.3, 0.4) is 0 Å². The van der Waals surface area contributed by atoms with Crippen LogP contribution >= 0.6 is 11.8 Å². The van der Waals surface area contributed by atoms with Crippen molar-refractivity contribution < 1.29 is 4.79 Å². The van der Waals surface area contributed by atoms with Gasteiger partial charge in [0.1, 0.15) is 0 Å². The highest BCUT2D eigenvalue weighted by molar-refractivity contribution is 7.99. The van der Waals surface area contributed by atoms with Crippen molar-refractivity contribution in [1.82, 2.24) is 15.5 Å². The van der Waals surface area contributed by atoms with E-state index in [1.54, 1.807) is 6.92 Å². The van der Waals surface area contributed by atoms with E-state index in [0.717, 1.165) is 30.0 Å². The number of hydrogen-bond acceptors (Lipinski definition) is 4. The molecular formula is C10H16N4OS. The van der Waals surface area contributed by atoms with E-state index in [2.05, 4.69) is 15.5 Å². The fourth-order valence-electron chi connectivity index (χ4n) is 1.71. The van der Waals surface area contributed by atoms with Crippen LogP contribution in [0.15, 0.2) is 0 Å². The molecule has 0 bridgehead atoms. The Labute approximate surface area is 98.6 Å². The van der Waals surface area contributed by atoms with E-state index in [-0.39, 0.29) is 11.9 Å². The highest BCUT2D eigenvalue weighted by Crippen LogP contribution is 2.18. The zero-order chi connectivity index (χ0) is 11.5. The number of carbonyl (C=O) groups excluding carboxylic acids is 1. The minimum absolute atomic E-state index is 0.168. The zero-order valence-electron chi connectivity index (χ0n) is 9.25. The SMILES string of the molecule is Cc1[nH]nc(C(=O)NC2CCSCC2)c1N. The quantitative estimate of drug-likeness (QED) is 0.718. The highest BCUT2D eigenvalue weighted by atomic mass is 32.2. The number of H-pyrrole nitrogens is 1. The Kier molecular flexibility index (Phi) is 3.38. The van der Waals surface area contributed by atoms with E-state index >= 15 is 0 Å². The van der Waals surface area contributed by atoms with Crippen molar-refractivity contribution in [2.24, 2.45) is 0 Å². The average Bonchev–Trinajstić information content (AvgIpc) is 2.61. The van der Waals surface area contributed by atoms with E-state index in [0.29, 0.717) is 11.4 Å². The minimum Gasteiger partial charge on any atom is -0.395 e. The first-order valence-corrected chi connectivity index (χ1v) is 6.53. The lowest BCUT2D eigenvalue weighted by atomic mass is 10.1. The summed E-state index contributed by atoms with van der Waals surface area (Å²) in [6.45, 7) is 1.80. The van der Waals surface area contributed by atoms with Gasteiger partial charge in [-0.1, -0.05) is 0 Å². The van der Waals surface area contributed by atoms with Gasteiger partial charge in [0.15, 0.2) is 5.69 Å². The van der Waals surface area contributed by atoms with E-state index in [9.17, 15) is 4.79 Å². The summed E-state index contributed by atoms with van der Waals surface area (Å²) in [6.07, 6.45) is 2.05. The van der Waals surface area contributed by atoms with Crippen LogP contribution in [0, 0.1) is 6.92 Å². The number of nitrogens with two attached hydrogens (primary N) is 1. The molecule has 1 amide bonds. The second-order valence-electron chi connectivity index (χ2n) is 3.97. The molecule has 5 nitrogen and oxygen atoms in total. The number of hydrogen-bond donors (Lipinski definition) is 3. The van der Waals surface area contributed by atoms with Crippen LogP contribution in [0.25, 0.3) is 0 Å². The molecule has 0 aliphatic carbocycles. The van der Waals surface area contributed by atoms with Gasteiger partial charge in [-0.25, -0.2) is 0 Å². The largest absolute Gasteiger partial charge is 0.395 e. The van der Waals surface area contributed by atoms with Crippen LogP contribution in [0.2, 0.25) is 0 Å². The number of thioether (sulfide) groups is 1. The Balaban J connectivity index is 1.99. The Morgan fingerprint density at radius 3 is 2.81 bits per heavy atom. The van der Waals surface area contributed by atoms with Gasteiger partial charge in [0.05, 0.1) is 11.4 Å². The number of aryl methyl sites for hydroxylation is 1. The zero-order valence-corrected chi connectivity index (χ0v) is 10.1. The Hall–Kier alpha value is -1.17. The van der Waals surface area contributed by atoms with E-state index in [4.69, 9.17) is 5.73 Å². The van der Waals surface area contributed by atoms with Crippen molar-refractivity contribution in [2.75, 3.05) is 17.2 Å². The lowest BCUT2D eigenvalue weighted by Crippen LogP contribution is -2.37. The van der Waals surface area contributed by atoms with Crippen LogP contribution in [-0.4, -0.2) is 33.7 Å². The van der Waals surface area contributed by atoms with Crippen LogP contribution in [-0.2, 0) is 0 Å². The maximum Gasteiger partial charge on any atom is 0.274 e. The number of rotatable bonds is 2. The molecule has 1 aromatic rings. The Bertz CT molecular complexity index is 384. The lowest BCUT2D eigenvalue weighted by molar-refractivity contribution is 0.0930. The number of carbonyl (C=O) groups is 1. The molecule has 4 N–H and O–H groups in total. The van der Waals surface area contributed by atoms with Gasteiger partial charge in [-0.15, -0.1) is 0 Å². The molecule has 1 saturated heterocycles. The maximum absolute atomic E-state index is 11.9. The lowest BCUT2D eigenvalue weighted by Gasteiger charge is -2.22. The van der Waals surface area contributed by atoms with Gasteiger partial charge in [-0.3, -0.25) is 9.89 Å². The van der Waals surface area contributed by atoms with Gasteiger partial charge < -0.3 is 11.1 Å². The molecule has 1 aliphatic rings. The van der Waals surface area contributed by atoms with Gasteiger partial charge in [-0.2, -0.15) is 16.9 Å². The van der Waals surface area contributed by atoms with Crippen molar-refractivity contribution in [3.05, 3.63) is 11.4 Å². The summed E-state index contributed by atoms with van der Waals surface area (Å²) in [7, 11) is 0. The smallest absolute Gasteiger partial charge is 0.274 e. The number of aromatic nitrogens is 2. The second kappa shape index (κ2) is 4.78. The van der Waals surface area contributed by atoms with Crippen LogP contribution < -0.4 is 11.1 Å². The van der Waals surface area contributed by atoms with Crippen molar-refractivity contribution in [2.45, 2.75) is 25.8 Å². The van der Waals surface area contributed by atoms with Crippen molar-refractivity contribution >= 4 is 23.4 Å². The normalized spacial score (nSPS) is 17.3. The average molecular weight is 240 g/mol. The van der Waals surface area contributed by atoms with Crippen LogP contribution in [0.4, 0.5) is 5.69 Å². The van der Waals surface area contributed by atoms with E-state index in [1.807, 2.05) is 11.8 Å². The summed E-state index contributed by atoms with van der Waals surface area (Å²) in [5, 5.41) is 9.60. The predicted molar refractivity (Wildman–Crippen MR) is 65.6 cm³/mol. The molecule has 6 heteroatoms. The van der Waals surface area contributed by atoms with Crippen LogP contribution in [0.5, 0.6) is 0 Å². The third kappa shape index (κ3) is 2.32. The molecule has 0 radical (unpaired) electrons. The summed E-state index contributed by atoms with van der Waals surface area (Å²) in [6, 6.07) is 0.269. The van der Waals surface area contributed by atoms with E-state index < -0.39 is 0 Å². The molecule has 0 aromatic carbocycles. The van der Waals surface area contributed by atoms with Crippen molar-refractivity contribution in [3.8, 4) is 0 Å². The molecule has 1 aliphatic heterocycles. The molecule has 0 spiro atoms. The number of amides is 1. The fraction of sp³-hybridized carbons (Fsp3) is 0.600. The first-order valence-electron chi connectivity index (χ1n) is 5.37. The molecule has 16 heavy (non-hydrogen) atoms. The molecule has 1 aromatic heterocycles. The standard InChI is InChI=1S/C10H16N4OS/c1-6-8(11)9(14-13-6)10(15)12-7-2-4-16-5-3-7/h7H,2-5,11H2,1H3,(H,12,15)(H,13,14). The number of nitrogens with one attached hydrogen (secondary N) is 2. The van der Waals surface area contributed by atoms with Gasteiger partial charge in [0.25, 0.3) is 5.91 Å². The molecule has 2 heterocycles. The molecular weight excluding hydrogens is 224 g/mol. The predicted octanol–water partition coefficient (Wildman–Crippen LogP) is 0.926. The van der Waals surface area contributed by atoms with Crippen molar-refractivity contribution in [3.63, 3.8) is 0 Å². The van der Waals surface area contributed by atoms with Gasteiger partial charge in [0, 0.05) is 6.04 Å². The third-order valence-electron chi connectivity index (χ3n) is 2.77. The summed E-state index contributed by atoms with van der Waals surface area (Å²) in [4.78, 5) is 11.9. The van der Waals surface area contributed by atoms with Crippen LogP contribution in [0.1, 0.15) is 29.0 Å². The highest BCUT2D eigenvalue weighted by Gasteiger charge is 2.20. The topological polar surface area (TPSA) is 83.8 Å². The Morgan fingerprint density at radius 2 is 2.25 bits per heavy atom. The number of aromatic amines is 1. The minimum atomic E-state index is -0.168. The van der Waals surface area contributed by atoms with Crippen molar-refractivity contribution in [1.29, 1.82) is 0 Å². The number of nitrogens with zero attached hydrogens (tertiary/aromatic N) is 1.